The summed E-state index contributed by atoms with van der Waals surface area (Å²) in [7, 11) is -2.06. The molecule has 1 saturated heterocycles. The molecule has 156 valence electrons. The molecule has 0 saturated carbocycles. The molecule has 0 N–H and O–H groups in total. The molecule has 0 atom stereocenters. The van der Waals surface area contributed by atoms with Gasteiger partial charge in [0.1, 0.15) is 10.6 Å². The van der Waals surface area contributed by atoms with Gasteiger partial charge >= 0.3 is 0 Å². The molecular formula is C22H27ClN2O3S. The maximum atomic E-state index is 13.4. The van der Waals surface area contributed by atoms with E-state index in [1.807, 2.05) is 37.3 Å². The highest BCUT2D eigenvalue weighted by Crippen LogP contribution is 2.34. The summed E-state index contributed by atoms with van der Waals surface area (Å²) in [5.41, 5.74) is 4.57. The predicted molar refractivity (Wildman–Crippen MR) is 117 cm³/mol. The third-order valence-corrected chi connectivity index (χ3v) is 8.15. The summed E-state index contributed by atoms with van der Waals surface area (Å²) >= 11 is 6.16. The largest absolute Gasteiger partial charge is 0.495 e. The Morgan fingerprint density at radius 2 is 1.62 bits per heavy atom. The number of piperazine rings is 1. The van der Waals surface area contributed by atoms with E-state index in [0.717, 1.165) is 42.5 Å². The number of hydrogen-bond donors (Lipinski definition) is 0. The molecule has 1 aliphatic carbocycles. The highest BCUT2D eigenvalue weighted by molar-refractivity contribution is 7.89. The van der Waals surface area contributed by atoms with Crippen LogP contribution < -0.4 is 9.64 Å². The molecule has 1 fully saturated rings. The zero-order valence-electron chi connectivity index (χ0n) is 16.9. The van der Waals surface area contributed by atoms with Gasteiger partial charge in [-0.15, -0.1) is 0 Å². The first kappa shape index (κ1) is 20.5. The lowest BCUT2D eigenvalue weighted by Crippen LogP contribution is -2.49. The molecule has 2 aromatic carbocycles. The van der Waals surface area contributed by atoms with E-state index in [4.69, 9.17) is 16.3 Å². The van der Waals surface area contributed by atoms with E-state index in [2.05, 4.69) is 4.90 Å². The minimum absolute atomic E-state index is 0.299. The zero-order chi connectivity index (χ0) is 20.6. The molecule has 1 heterocycles. The average molecular weight is 435 g/mol. The van der Waals surface area contributed by atoms with Crippen LogP contribution in [0.15, 0.2) is 35.2 Å². The van der Waals surface area contributed by atoms with Crippen molar-refractivity contribution >= 4 is 27.3 Å². The third kappa shape index (κ3) is 3.98. The first-order valence-electron chi connectivity index (χ1n) is 10.1. The number of benzene rings is 2. The molecule has 7 heteroatoms. The number of methoxy groups -OCH3 is 1. The summed E-state index contributed by atoms with van der Waals surface area (Å²) in [5.74, 6) is 0.457. The summed E-state index contributed by atoms with van der Waals surface area (Å²) in [4.78, 5) is 2.50. The lowest BCUT2D eigenvalue weighted by molar-refractivity contribution is 0.373. The van der Waals surface area contributed by atoms with Crippen LogP contribution in [0.4, 0.5) is 5.69 Å². The highest BCUT2D eigenvalue weighted by Gasteiger charge is 2.32. The maximum absolute atomic E-state index is 13.4. The van der Waals surface area contributed by atoms with Gasteiger partial charge < -0.3 is 9.64 Å². The molecule has 0 bridgehead atoms. The smallest absolute Gasteiger partial charge is 0.246 e. The standard InChI is InChI=1S/C22H27ClN2O3S/c1-16-7-8-19(23)15-20(16)24-9-11-25(12-10-24)29(26,27)22-14-18-6-4-3-5-17(18)13-21(22)28-2/h7-8,13-15H,3-6,9-12H2,1-2H3. The number of fused-ring (bicyclic) bond motifs is 1. The van der Waals surface area contributed by atoms with Crippen LogP contribution >= 0.6 is 11.6 Å². The molecule has 1 aliphatic heterocycles. The molecule has 0 amide bonds. The minimum Gasteiger partial charge on any atom is -0.495 e. The van der Waals surface area contributed by atoms with Crippen LogP contribution in [0.1, 0.15) is 29.5 Å². The van der Waals surface area contributed by atoms with Crippen molar-refractivity contribution in [3.05, 3.63) is 52.0 Å². The molecule has 2 aliphatic rings. The number of rotatable bonds is 4. The van der Waals surface area contributed by atoms with E-state index in [0.29, 0.717) is 41.8 Å². The first-order chi connectivity index (χ1) is 13.9. The van der Waals surface area contributed by atoms with Crippen molar-refractivity contribution in [1.82, 2.24) is 4.31 Å². The lowest BCUT2D eigenvalue weighted by Gasteiger charge is -2.36. The Hall–Kier alpha value is -1.76. The van der Waals surface area contributed by atoms with Gasteiger partial charge in [-0.2, -0.15) is 4.31 Å². The first-order valence-corrected chi connectivity index (χ1v) is 11.9. The molecular weight excluding hydrogens is 408 g/mol. The van der Waals surface area contributed by atoms with Crippen LogP contribution in [0.2, 0.25) is 5.02 Å². The van der Waals surface area contributed by atoms with Gasteiger partial charge in [0.2, 0.25) is 10.0 Å². The van der Waals surface area contributed by atoms with E-state index in [-0.39, 0.29) is 0 Å². The Balaban J connectivity index is 1.57. The van der Waals surface area contributed by atoms with Gasteiger partial charge in [-0.05, 0) is 73.6 Å². The quantitative estimate of drug-likeness (QED) is 0.728. The molecule has 0 radical (unpaired) electrons. The van der Waals surface area contributed by atoms with Crippen LogP contribution in [0, 0.1) is 6.92 Å². The van der Waals surface area contributed by atoms with Crippen LogP contribution in [0.25, 0.3) is 0 Å². The Morgan fingerprint density at radius 1 is 0.966 bits per heavy atom. The number of aryl methyl sites for hydroxylation is 3. The second-order valence-electron chi connectivity index (χ2n) is 7.80. The van der Waals surface area contributed by atoms with Crippen molar-refractivity contribution in [2.75, 3.05) is 38.2 Å². The topological polar surface area (TPSA) is 49.9 Å². The van der Waals surface area contributed by atoms with Gasteiger partial charge in [0.05, 0.1) is 7.11 Å². The van der Waals surface area contributed by atoms with Crippen LogP contribution in [-0.2, 0) is 22.9 Å². The van der Waals surface area contributed by atoms with Crippen molar-refractivity contribution < 1.29 is 13.2 Å². The second kappa shape index (κ2) is 8.17. The number of sulfonamides is 1. The highest BCUT2D eigenvalue weighted by atomic mass is 35.5. The van der Waals surface area contributed by atoms with Crippen LogP contribution in [-0.4, -0.2) is 46.0 Å². The molecule has 29 heavy (non-hydrogen) atoms. The molecule has 0 unspecified atom stereocenters. The molecule has 4 rings (SSSR count). The second-order valence-corrected chi connectivity index (χ2v) is 10.1. The Kier molecular flexibility index (Phi) is 5.78. The summed E-state index contributed by atoms with van der Waals surface area (Å²) in [6.07, 6.45) is 4.18. The van der Waals surface area contributed by atoms with E-state index in [1.165, 1.54) is 5.56 Å². The van der Waals surface area contributed by atoms with Crippen LogP contribution in [0.5, 0.6) is 5.75 Å². The monoisotopic (exact) mass is 434 g/mol. The number of ether oxygens (including phenoxy) is 1. The van der Waals surface area contributed by atoms with Gasteiger partial charge in [-0.25, -0.2) is 8.42 Å². The molecule has 2 aromatic rings. The van der Waals surface area contributed by atoms with Gasteiger partial charge in [-0.3, -0.25) is 0 Å². The fourth-order valence-corrected chi connectivity index (χ4v) is 6.11. The van der Waals surface area contributed by atoms with Crippen LogP contribution in [0.3, 0.4) is 0 Å². The molecule has 0 aromatic heterocycles. The Labute approximate surface area is 178 Å². The van der Waals surface area contributed by atoms with Crippen molar-refractivity contribution in [2.24, 2.45) is 0 Å². The van der Waals surface area contributed by atoms with Gasteiger partial charge in [0, 0.05) is 36.9 Å². The SMILES string of the molecule is COc1cc2c(cc1S(=O)(=O)N1CCN(c3cc(Cl)ccc3C)CC1)CCCC2. The van der Waals surface area contributed by atoms with E-state index >= 15 is 0 Å². The fourth-order valence-electron chi connectivity index (χ4n) is 4.33. The molecule has 0 spiro atoms. The van der Waals surface area contributed by atoms with E-state index in [1.54, 1.807) is 11.4 Å². The molecule has 5 nitrogen and oxygen atoms in total. The number of halogens is 1. The number of nitrogens with zero attached hydrogens (tertiary/aromatic N) is 2. The summed E-state index contributed by atoms with van der Waals surface area (Å²) in [6, 6.07) is 9.60. The summed E-state index contributed by atoms with van der Waals surface area (Å²) < 4.78 is 33.9. The van der Waals surface area contributed by atoms with E-state index < -0.39 is 10.0 Å². The fraction of sp³-hybridized carbons (Fsp3) is 0.455. The van der Waals surface area contributed by atoms with E-state index in [9.17, 15) is 8.42 Å². The number of anilines is 1. The van der Waals surface area contributed by atoms with Gasteiger partial charge in [0.25, 0.3) is 0 Å². The Bertz CT molecular complexity index is 1010. The lowest BCUT2D eigenvalue weighted by atomic mass is 9.92. The van der Waals surface area contributed by atoms with Crippen molar-refractivity contribution in [3.63, 3.8) is 0 Å². The summed E-state index contributed by atoms with van der Waals surface area (Å²) in [6.45, 7) is 4.19. The van der Waals surface area contributed by atoms with Gasteiger partial charge in [-0.1, -0.05) is 17.7 Å². The zero-order valence-corrected chi connectivity index (χ0v) is 18.5. The van der Waals surface area contributed by atoms with Gasteiger partial charge in [0.15, 0.2) is 0 Å². The van der Waals surface area contributed by atoms with Crippen molar-refractivity contribution in [2.45, 2.75) is 37.5 Å². The summed E-state index contributed by atoms with van der Waals surface area (Å²) in [5, 5.41) is 0.694. The average Bonchev–Trinajstić information content (AvgIpc) is 2.74. The maximum Gasteiger partial charge on any atom is 0.246 e. The van der Waals surface area contributed by atoms with Crippen molar-refractivity contribution in [3.8, 4) is 5.75 Å². The normalized spacial score (nSPS) is 17.8. The minimum atomic E-state index is -3.61. The predicted octanol–water partition coefficient (Wildman–Crippen LogP) is 4.05. The Morgan fingerprint density at radius 3 is 2.28 bits per heavy atom. The van der Waals surface area contributed by atoms with Crippen molar-refractivity contribution in [1.29, 1.82) is 0 Å². The number of hydrogen-bond acceptors (Lipinski definition) is 4. The third-order valence-electron chi connectivity index (χ3n) is 6.00.